The average Bonchev–Trinajstić information content (AvgIpc) is 2.80. The lowest BCUT2D eigenvalue weighted by Crippen LogP contribution is -1.98. The van der Waals surface area contributed by atoms with Crippen LogP contribution in [0.5, 0.6) is 5.75 Å². The second-order valence-electron chi connectivity index (χ2n) is 3.87. The fraction of sp³-hybridized carbons (Fsp3) is 0.167. The summed E-state index contributed by atoms with van der Waals surface area (Å²) in [4.78, 5) is 25.0. The van der Waals surface area contributed by atoms with E-state index in [0.717, 1.165) is 0 Å². The minimum absolute atomic E-state index is 0.00523. The molecule has 1 aromatic heterocycles. The molecule has 0 radical (unpaired) electrons. The highest BCUT2D eigenvalue weighted by Gasteiger charge is 2.21. The Morgan fingerprint density at radius 1 is 1.50 bits per heavy atom. The molecule has 104 valence electrons. The van der Waals surface area contributed by atoms with E-state index in [-0.39, 0.29) is 28.8 Å². The standard InChI is InChI=1S/C12H10N2O6/c1-6-10(12(15)16)13-11(20-6)7-3-4-9(19-2)8(5-7)14(17)18/h3-5H,1-2H3,(H,15,16). The minimum Gasteiger partial charge on any atom is -0.490 e. The third-order valence-electron chi connectivity index (χ3n) is 2.62. The van der Waals surface area contributed by atoms with Crippen molar-refractivity contribution in [3.63, 3.8) is 0 Å². The number of aryl methyl sites for hydroxylation is 1. The van der Waals surface area contributed by atoms with Crippen molar-refractivity contribution in [1.29, 1.82) is 0 Å². The van der Waals surface area contributed by atoms with Crippen molar-refractivity contribution >= 4 is 11.7 Å². The second-order valence-corrected chi connectivity index (χ2v) is 3.87. The maximum absolute atomic E-state index is 10.9. The monoisotopic (exact) mass is 278 g/mol. The molecule has 8 heteroatoms. The quantitative estimate of drug-likeness (QED) is 0.673. The van der Waals surface area contributed by atoms with E-state index in [1.807, 2.05) is 0 Å². The SMILES string of the molecule is COc1ccc(-c2nc(C(=O)O)c(C)o2)cc1[N+](=O)[O-]. The van der Waals surface area contributed by atoms with Crippen LogP contribution in [0.25, 0.3) is 11.5 Å². The molecule has 0 bridgehead atoms. The minimum atomic E-state index is -1.22. The normalized spacial score (nSPS) is 10.3. The van der Waals surface area contributed by atoms with Gasteiger partial charge in [-0.15, -0.1) is 0 Å². The van der Waals surface area contributed by atoms with Crippen molar-refractivity contribution in [3.8, 4) is 17.2 Å². The van der Waals surface area contributed by atoms with E-state index in [1.165, 1.54) is 32.2 Å². The molecule has 2 aromatic rings. The Morgan fingerprint density at radius 3 is 2.70 bits per heavy atom. The fourth-order valence-electron chi connectivity index (χ4n) is 1.68. The molecule has 20 heavy (non-hydrogen) atoms. The summed E-state index contributed by atoms with van der Waals surface area (Å²) in [5.74, 6) is -0.988. The van der Waals surface area contributed by atoms with Gasteiger partial charge in [-0.3, -0.25) is 10.1 Å². The molecule has 0 spiro atoms. The van der Waals surface area contributed by atoms with Crippen molar-refractivity contribution < 1.29 is 24.0 Å². The molecular weight excluding hydrogens is 268 g/mol. The molecule has 0 atom stereocenters. The summed E-state index contributed by atoms with van der Waals surface area (Å²) in [7, 11) is 1.32. The smallest absolute Gasteiger partial charge is 0.358 e. The first-order chi connectivity index (χ1) is 9.43. The summed E-state index contributed by atoms with van der Waals surface area (Å²) in [6.45, 7) is 1.46. The summed E-state index contributed by atoms with van der Waals surface area (Å²) in [5, 5.41) is 19.8. The summed E-state index contributed by atoms with van der Waals surface area (Å²) in [5.41, 5.74) is -0.177. The van der Waals surface area contributed by atoms with Crippen molar-refractivity contribution in [2.45, 2.75) is 6.92 Å². The number of nitrogens with zero attached hydrogens (tertiary/aromatic N) is 2. The van der Waals surface area contributed by atoms with Crippen LogP contribution in [0.3, 0.4) is 0 Å². The number of oxazole rings is 1. The maximum atomic E-state index is 10.9. The van der Waals surface area contributed by atoms with Crippen LogP contribution in [0.1, 0.15) is 16.2 Å². The molecule has 0 saturated heterocycles. The highest BCUT2D eigenvalue weighted by atomic mass is 16.6. The largest absolute Gasteiger partial charge is 0.490 e. The Hall–Kier alpha value is -2.90. The van der Waals surface area contributed by atoms with Crippen molar-refractivity contribution in [1.82, 2.24) is 4.98 Å². The Bertz CT molecular complexity index is 691. The van der Waals surface area contributed by atoms with Crippen LogP contribution in [0.15, 0.2) is 22.6 Å². The first-order valence-corrected chi connectivity index (χ1v) is 5.47. The molecule has 0 aliphatic carbocycles. The Labute approximate surface area is 112 Å². The topological polar surface area (TPSA) is 116 Å². The summed E-state index contributed by atoms with van der Waals surface area (Å²) in [6.07, 6.45) is 0. The number of nitro benzene ring substituents is 1. The van der Waals surface area contributed by atoms with E-state index < -0.39 is 10.9 Å². The zero-order chi connectivity index (χ0) is 14.9. The van der Waals surface area contributed by atoms with Gasteiger partial charge in [0.25, 0.3) is 0 Å². The molecule has 1 N–H and O–H groups in total. The molecule has 0 amide bonds. The third kappa shape index (κ3) is 2.30. The number of methoxy groups -OCH3 is 1. The highest BCUT2D eigenvalue weighted by molar-refractivity contribution is 5.87. The Balaban J connectivity index is 2.53. The summed E-state index contributed by atoms with van der Waals surface area (Å²) < 4.78 is 10.1. The number of hydrogen-bond donors (Lipinski definition) is 1. The zero-order valence-electron chi connectivity index (χ0n) is 10.6. The molecule has 1 heterocycles. The highest BCUT2D eigenvalue weighted by Crippen LogP contribution is 2.32. The number of ether oxygens (including phenoxy) is 1. The number of aromatic carboxylic acids is 1. The van der Waals surface area contributed by atoms with E-state index in [4.69, 9.17) is 14.3 Å². The fourth-order valence-corrected chi connectivity index (χ4v) is 1.68. The first kappa shape index (κ1) is 13.5. The Kier molecular flexibility index (Phi) is 3.38. The van der Waals surface area contributed by atoms with Gasteiger partial charge in [0.2, 0.25) is 5.89 Å². The molecular formula is C12H10N2O6. The molecule has 0 aliphatic heterocycles. The van der Waals surface area contributed by atoms with Gasteiger partial charge in [-0.2, -0.15) is 0 Å². The van der Waals surface area contributed by atoms with Gasteiger partial charge in [0.15, 0.2) is 11.4 Å². The predicted molar refractivity (Wildman–Crippen MR) is 66.8 cm³/mol. The summed E-state index contributed by atoms with van der Waals surface area (Å²) >= 11 is 0. The third-order valence-corrected chi connectivity index (χ3v) is 2.62. The lowest BCUT2D eigenvalue weighted by Gasteiger charge is -2.02. The van der Waals surface area contributed by atoms with Gasteiger partial charge in [-0.05, 0) is 19.1 Å². The van der Waals surface area contributed by atoms with E-state index in [2.05, 4.69) is 4.98 Å². The lowest BCUT2D eigenvalue weighted by molar-refractivity contribution is -0.385. The number of carbonyl (C=O) groups is 1. The lowest BCUT2D eigenvalue weighted by atomic mass is 10.2. The van der Waals surface area contributed by atoms with E-state index in [0.29, 0.717) is 5.56 Å². The molecule has 8 nitrogen and oxygen atoms in total. The van der Waals surface area contributed by atoms with Gasteiger partial charge in [0.05, 0.1) is 12.0 Å². The average molecular weight is 278 g/mol. The predicted octanol–water partition coefficient (Wildman–Crippen LogP) is 2.27. The second kappa shape index (κ2) is 5.00. The first-order valence-electron chi connectivity index (χ1n) is 5.47. The van der Waals surface area contributed by atoms with Crippen molar-refractivity contribution in [3.05, 3.63) is 39.8 Å². The van der Waals surface area contributed by atoms with E-state index in [9.17, 15) is 14.9 Å². The van der Waals surface area contributed by atoms with Gasteiger partial charge < -0.3 is 14.3 Å². The number of carboxylic acids is 1. The number of carboxylic acid groups (broad SMARTS) is 1. The number of hydrogen-bond acceptors (Lipinski definition) is 6. The van der Waals surface area contributed by atoms with E-state index >= 15 is 0 Å². The van der Waals surface area contributed by atoms with Gasteiger partial charge in [0.1, 0.15) is 5.76 Å². The number of rotatable bonds is 4. The van der Waals surface area contributed by atoms with Crippen LogP contribution in [-0.4, -0.2) is 28.1 Å². The van der Waals surface area contributed by atoms with Gasteiger partial charge in [0, 0.05) is 11.6 Å². The van der Waals surface area contributed by atoms with Crippen LogP contribution in [0, 0.1) is 17.0 Å². The van der Waals surface area contributed by atoms with Crippen molar-refractivity contribution in [2.24, 2.45) is 0 Å². The number of aromatic nitrogens is 1. The van der Waals surface area contributed by atoms with Crippen LogP contribution in [0.2, 0.25) is 0 Å². The van der Waals surface area contributed by atoms with Crippen LogP contribution in [0.4, 0.5) is 5.69 Å². The zero-order valence-corrected chi connectivity index (χ0v) is 10.6. The van der Waals surface area contributed by atoms with Gasteiger partial charge >= 0.3 is 11.7 Å². The molecule has 0 aliphatic rings. The van der Waals surface area contributed by atoms with Crippen molar-refractivity contribution in [2.75, 3.05) is 7.11 Å². The van der Waals surface area contributed by atoms with Crippen LogP contribution in [-0.2, 0) is 0 Å². The molecule has 1 aromatic carbocycles. The van der Waals surface area contributed by atoms with Gasteiger partial charge in [-0.25, -0.2) is 9.78 Å². The maximum Gasteiger partial charge on any atom is 0.358 e. The molecule has 2 rings (SSSR count). The molecule has 0 unspecified atom stereocenters. The van der Waals surface area contributed by atoms with E-state index in [1.54, 1.807) is 0 Å². The molecule has 0 fully saturated rings. The Morgan fingerprint density at radius 2 is 2.20 bits per heavy atom. The molecule has 0 saturated carbocycles. The van der Waals surface area contributed by atoms with Crippen LogP contribution >= 0.6 is 0 Å². The van der Waals surface area contributed by atoms with Crippen LogP contribution < -0.4 is 4.74 Å². The number of benzene rings is 1. The van der Waals surface area contributed by atoms with Gasteiger partial charge in [-0.1, -0.05) is 0 Å². The summed E-state index contributed by atoms with van der Waals surface area (Å²) in [6, 6.07) is 4.12. The number of nitro groups is 1.